The minimum atomic E-state index is -0.122. The number of anilines is 7. The van der Waals surface area contributed by atoms with Crippen LogP contribution in [0, 0.1) is 6.92 Å². The average molecular weight is 912 g/mol. The van der Waals surface area contributed by atoms with Crippen LogP contribution in [0.5, 0.6) is 0 Å². The highest BCUT2D eigenvalue weighted by atomic mass is 16.3. The monoisotopic (exact) mass is 911 g/mol. The predicted octanol–water partition coefficient (Wildman–Crippen LogP) is 16.7. The molecule has 9 aromatic rings. The molecule has 1 aromatic heterocycles. The number of para-hydroxylation sites is 2. The van der Waals surface area contributed by atoms with Gasteiger partial charge in [0.1, 0.15) is 5.58 Å². The normalized spacial score (nSPS) is 18.5. The molecule has 0 radical (unpaired) electrons. The van der Waals surface area contributed by atoms with Crippen molar-refractivity contribution in [3.63, 3.8) is 0 Å². The molecule has 1 saturated carbocycles. The topological polar surface area (TPSA) is 22.9 Å². The van der Waals surface area contributed by atoms with Gasteiger partial charge in [-0.25, -0.2) is 0 Å². The van der Waals surface area contributed by atoms with E-state index in [1.165, 1.54) is 112 Å². The van der Waals surface area contributed by atoms with Crippen molar-refractivity contribution in [2.45, 2.75) is 110 Å². The van der Waals surface area contributed by atoms with Gasteiger partial charge in [0.25, 0.3) is 0 Å². The third-order valence-corrected chi connectivity index (χ3v) is 17.2. The molecule has 5 heteroatoms. The minimum Gasteiger partial charge on any atom is -0.454 e. The van der Waals surface area contributed by atoms with Gasteiger partial charge in [-0.3, -0.25) is 0 Å². The number of hydrogen-bond acceptors (Lipinski definition) is 4. The third kappa shape index (κ3) is 6.35. The largest absolute Gasteiger partial charge is 0.454 e. The highest BCUT2D eigenvalue weighted by molar-refractivity contribution is 6.94. The van der Waals surface area contributed by atoms with E-state index in [1.54, 1.807) is 5.56 Å². The number of unbranched alkanes of at least 4 members (excludes halogenated alkanes) is 2. The van der Waals surface area contributed by atoms with Crippen LogP contribution in [-0.2, 0) is 18.3 Å². The van der Waals surface area contributed by atoms with Gasteiger partial charge < -0.3 is 19.0 Å². The number of aryl methyl sites for hydroxylation is 3. The van der Waals surface area contributed by atoms with Gasteiger partial charge in [0.05, 0.1) is 11.2 Å². The highest BCUT2D eigenvalue weighted by Gasteiger charge is 2.62. The van der Waals surface area contributed by atoms with E-state index >= 15 is 0 Å². The lowest BCUT2D eigenvalue weighted by atomic mass is 9.43. The number of furan rings is 1. The van der Waals surface area contributed by atoms with Crippen LogP contribution < -0.4 is 25.5 Å². The van der Waals surface area contributed by atoms with Crippen LogP contribution in [0.1, 0.15) is 101 Å². The molecule has 346 valence electrons. The molecule has 2 unspecified atom stereocenters. The zero-order valence-electron chi connectivity index (χ0n) is 41.5. The SMILES string of the molecule is CCCCc1ccc(N2B3c4cc(CCCC)cc5c4N(c4cc(N(c6ccccc6)c6ccc(-c7ccccc7)cc6)cc(c43)-c3ccc4c(oc6ccccc64)c32)C2(C)CCCCC52C)c(C)c1. The fraction of sp³-hybridized carbons (Fsp3) is 0.262. The Hall–Kier alpha value is -6.98. The van der Waals surface area contributed by atoms with Crippen LogP contribution in [0.25, 0.3) is 44.2 Å². The lowest BCUT2D eigenvalue weighted by Gasteiger charge is -2.53. The maximum absolute atomic E-state index is 7.21. The van der Waals surface area contributed by atoms with E-state index in [-0.39, 0.29) is 17.8 Å². The van der Waals surface area contributed by atoms with Crippen molar-refractivity contribution >= 4 is 79.5 Å². The first-order valence-electron chi connectivity index (χ1n) is 26.3. The Morgan fingerprint density at radius 3 is 2.06 bits per heavy atom. The average Bonchev–Trinajstić information content (AvgIpc) is 3.88. The van der Waals surface area contributed by atoms with E-state index in [0.717, 1.165) is 64.0 Å². The summed E-state index contributed by atoms with van der Waals surface area (Å²) in [6, 6.07) is 62.0. The lowest BCUT2D eigenvalue weighted by molar-refractivity contribution is 0.195. The molecule has 3 aliphatic heterocycles. The maximum Gasteiger partial charge on any atom is 0.333 e. The summed E-state index contributed by atoms with van der Waals surface area (Å²) in [4.78, 5) is 8.13. The van der Waals surface area contributed by atoms with Gasteiger partial charge in [0.2, 0.25) is 0 Å². The standard InChI is InChI=1S/C65H62BN3O/c1-6-8-20-44-28-35-57(43(3)38-44)69-61-52(33-34-53-51-26-16-17-27-59(51)70-63(53)61)54-41-50(67(48-24-14-11-15-25-48)49-31-29-47(30-32-49)46-22-12-10-13-23-46)42-58-60(54)66(69)56-40-45(21-9-7-2)39-55-62(56)68(58)65(5)37-19-18-36-64(55,65)4/h10-17,22-35,38-42H,6-9,18-21,36-37H2,1-5H3. The molecule has 2 atom stereocenters. The van der Waals surface area contributed by atoms with Gasteiger partial charge in [-0.15, -0.1) is 0 Å². The molecule has 0 spiro atoms. The van der Waals surface area contributed by atoms with Crippen LogP contribution in [0.4, 0.5) is 39.8 Å². The van der Waals surface area contributed by atoms with Crippen molar-refractivity contribution in [2.75, 3.05) is 14.6 Å². The number of hydrogen-bond donors (Lipinski definition) is 0. The van der Waals surface area contributed by atoms with E-state index in [2.05, 4.69) is 213 Å². The number of benzene rings is 8. The molecule has 70 heavy (non-hydrogen) atoms. The molecule has 8 aromatic carbocycles. The molecular formula is C65H62BN3O. The summed E-state index contributed by atoms with van der Waals surface area (Å²) in [5.74, 6) is 0. The van der Waals surface area contributed by atoms with Gasteiger partial charge in [-0.2, -0.15) is 0 Å². The summed E-state index contributed by atoms with van der Waals surface area (Å²) in [5, 5.41) is 2.31. The fourth-order valence-electron chi connectivity index (χ4n) is 13.5. The Labute approximate surface area is 414 Å². The first-order chi connectivity index (χ1) is 34.3. The Balaban J connectivity index is 1.15. The first kappa shape index (κ1) is 43.1. The maximum atomic E-state index is 7.21. The third-order valence-electron chi connectivity index (χ3n) is 17.2. The van der Waals surface area contributed by atoms with E-state index < -0.39 is 0 Å². The summed E-state index contributed by atoms with van der Waals surface area (Å²) >= 11 is 0. The summed E-state index contributed by atoms with van der Waals surface area (Å²) in [6.07, 6.45) is 11.7. The lowest BCUT2D eigenvalue weighted by Crippen LogP contribution is -2.64. The Bertz CT molecular complexity index is 3490. The molecule has 13 rings (SSSR count). The van der Waals surface area contributed by atoms with Crippen LogP contribution in [0.3, 0.4) is 0 Å². The van der Waals surface area contributed by atoms with E-state index in [4.69, 9.17) is 4.42 Å². The van der Waals surface area contributed by atoms with Gasteiger partial charge in [0.15, 0.2) is 5.58 Å². The number of rotatable bonds is 11. The zero-order chi connectivity index (χ0) is 47.3. The highest BCUT2D eigenvalue weighted by Crippen LogP contribution is 2.63. The molecule has 1 fully saturated rings. The smallest absolute Gasteiger partial charge is 0.333 e. The summed E-state index contributed by atoms with van der Waals surface area (Å²) in [5.41, 5.74) is 23.8. The van der Waals surface area contributed by atoms with E-state index in [9.17, 15) is 0 Å². The molecular weight excluding hydrogens is 850 g/mol. The molecule has 4 heterocycles. The minimum absolute atomic E-state index is 0.0269. The Kier molecular flexibility index (Phi) is 10.2. The second-order valence-corrected chi connectivity index (χ2v) is 21.3. The molecule has 0 amide bonds. The number of fused-ring (bicyclic) bond motifs is 11. The molecule has 0 saturated heterocycles. The van der Waals surface area contributed by atoms with Crippen molar-refractivity contribution in [1.29, 1.82) is 0 Å². The summed E-state index contributed by atoms with van der Waals surface area (Å²) in [6.45, 7) is 12.1. The van der Waals surface area contributed by atoms with Crippen molar-refractivity contribution in [3.05, 3.63) is 186 Å². The van der Waals surface area contributed by atoms with Gasteiger partial charge >= 0.3 is 6.85 Å². The van der Waals surface area contributed by atoms with Crippen LogP contribution in [-0.4, -0.2) is 12.4 Å². The van der Waals surface area contributed by atoms with E-state index in [0.29, 0.717) is 0 Å². The summed E-state index contributed by atoms with van der Waals surface area (Å²) in [7, 11) is 0. The fourth-order valence-corrected chi connectivity index (χ4v) is 13.5. The Morgan fingerprint density at radius 1 is 0.586 bits per heavy atom. The van der Waals surface area contributed by atoms with Gasteiger partial charge in [-0.1, -0.05) is 156 Å². The number of nitrogens with zero attached hydrogens (tertiary/aromatic N) is 3. The van der Waals surface area contributed by atoms with Crippen molar-refractivity contribution in [3.8, 4) is 22.3 Å². The van der Waals surface area contributed by atoms with Crippen molar-refractivity contribution < 1.29 is 4.42 Å². The van der Waals surface area contributed by atoms with Crippen LogP contribution in [0.2, 0.25) is 0 Å². The van der Waals surface area contributed by atoms with Crippen molar-refractivity contribution in [1.82, 2.24) is 0 Å². The molecule has 0 N–H and O–H groups in total. The first-order valence-corrected chi connectivity index (χ1v) is 26.3. The molecule has 0 bridgehead atoms. The quantitative estimate of drug-likeness (QED) is 0.121. The Morgan fingerprint density at radius 2 is 1.29 bits per heavy atom. The second kappa shape index (κ2) is 16.6. The molecule has 4 aliphatic rings. The van der Waals surface area contributed by atoms with E-state index in [1.807, 2.05) is 0 Å². The van der Waals surface area contributed by atoms with Gasteiger partial charge in [-0.05, 0) is 157 Å². The second-order valence-electron chi connectivity index (χ2n) is 21.3. The zero-order valence-corrected chi connectivity index (χ0v) is 41.5. The van der Waals surface area contributed by atoms with Crippen LogP contribution >= 0.6 is 0 Å². The van der Waals surface area contributed by atoms with Crippen molar-refractivity contribution in [2.24, 2.45) is 0 Å². The summed E-state index contributed by atoms with van der Waals surface area (Å²) < 4.78 is 7.21. The molecule has 4 nitrogen and oxygen atoms in total. The molecule has 1 aliphatic carbocycles. The predicted molar refractivity (Wildman–Crippen MR) is 298 cm³/mol. The van der Waals surface area contributed by atoms with Crippen LogP contribution in [0.15, 0.2) is 168 Å². The van der Waals surface area contributed by atoms with Gasteiger partial charge in [0, 0.05) is 55.9 Å².